The average Bonchev–Trinajstić information content (AvgIpc) is 2.42. The lowest BCUT2D eigenvalue weighted by Gasteiger charge is -2.26. The molecular formula is C14H17BrN2O2. The third-order valence-corrected chi connectivity index (χ3v) is 3.86. The van der Waals surface area contributed by atoms with Crippen LogP contribution < -0.4 is 5.32 Å². The quantitative estimate of drug-likeness (QED) is 0.869. The molecule has 1 aliphatic heterocycles. The van der Waals surface area contributed by atoms with E-state index in [9.17, 15) is 9.59 Å². The summed E-state index contributed by atoms with van der Waals surface area (Å²) in [6.07, 6.45) is 3.17. The summed E-state index contributed by atoms with van der Waals surface area (Å²) < 4.78 is 0.814. The van der Waals surface area contributed by atoms with Gasteiger partial charge in [0.15, 0.2) is 0 Å². The highest BCUT2D eigenvalue weighted by Gasteiger charge is 2.19. The second-order valence-electron chi connectivity index (χ2n) is 4.65. The number of benzene rings is 1. The lowest BCUT2D eigenvalue weighted by Crippen LogP contribution is -2.37. The lowest BCUT2D eigenvalue weighted by atomic mass is 10.1. The van der Waals surface area contributed by atoms with Crippen molar-refractivity contribution in [1.82, 2.24) is 4.90 Å². The topological polar surface area (TPSA) is 49.4 Å². The molecule has 5 heteroatoms. The normalized spacial score (nSPS) is 15.1. The maximum absolute atomic E-state index is 11.9. The van der Waals surface area contributed by atoms with E-state index in [1.165, 1.54) is 6.42 Å². The molecule has 0 aliphatic carbocycles. The number of hydrogen-bond acceptors (Lipinski definition) is 2. The summed E-state index contributed by atoms with van der Waals surface area (Å²) in [6, 6.07) is 7.36. The molecule has 0 unspecified atom stereocenters. The Balaban J connectivity index is 1.87. The van der Waals surface area contributed by atoms with Crippen LogP contribution in [-0.4, -0.2) is 29.8 Å². The molecule has 19 heavy (non-hydrogen) atoms. The van der Waals surface area contributed by atoms with Crippen molar-refractivity contribution in [3.8, 4) is 0 Å². The first-order chi connectivity index (χ1) is 9.16. The van der Waals surface area contributed by atoms with Crippen molar-refractivity contribution in [2.24, 2.45) is 0 Å². The van der Waals surface area contributed by atoms with Crippen molar-refractivity contribution in [3.05, 3.63) is 28.7 Å². The SMILES string of the molecule is O=C(CC(=O)N1CCCCC1)Nc1ccccc1Br. The first-order valence-electron chi connectivity index (χ1n) is 6.49. The molecule has 1 fully saturated rings. The molecule has 0 atom stereocenters. The summed E-state index contributed by atoms with van der Waals surface area (Å²) >= 11 is 3.36. The molecule has 1 heterocycles. The Morgan fingerprint density at radius 2 is 1.84 bits per heavy atom. The summed E-state index contributed by atoms with van der Waals surface area (Å²) in [4.78, 5) is 25.6. The molecule has 1 aliphatic rings. The van der Waals surface area contributed by atoms with Crippen LogP contribution >= 0.6 is 15.9 Å². The van der Waals surface area contributed by atoms with Crippen molar-refractivity contribution in [1.29, 1.82) is 0 Å². The van der Waals surface area contributed by atoms with Gasteiger partial charge in [-0.05, 0) is 47.3 Å². The number of halogens is 1. The highest BCUT2D eigenvalue weighted by Crippen LogP contribution is 2.21. The molecule has 0 bridgehead atoms. The van der Waals surface area contributed by atoms with Crippen LogP contribution in [0.1, 0.15) is 25.7 Å². The Morgan fingerprint density at radius 1 is 1.16 bits per heavy atom. The van der Waals surface area contributed by atoms with Crippen molar-refractivity contribution in [3.63, 3.8) is 0 Å². The Morgan fingerprint density at radius 3 is 2.53 bits per heavy atom. The lowest BCUT2D eigenvalue weighted by molar-refractivity contribution is -0.135. The zero-order valence-corrected chi connectivity index (χ0v) is 12.3. The van der Waals surface area contributed by atoms with E-state index in [-0.39, 0.29) is 18.2 Å². The van der Waals surface area contributed by atoms with E-state index in [0.29, 0.717) is 5.69 Å². The van der Waals surface area contributed by atoms with E-state index in [4.69, 9.17) is 0 Å². The largest absolute Gasteiger partial charge is 0.342 e. The number of amides is 2. The minimum absolute atomic E-state index is 0.0794. The van der Waals surface area contributed by atoms with Gasteiger partial charge < -0.3 is 10.2 Å². The van der Waals surface area contributed by atoms with Crippen LogP contribution in [0.3, 0.4) is 0 Å². The van der Waals surface area contributed by atoms with Crippen LogP contribution in [0, 0.1) is 0 Å². The molecule has 1 saturated heterocycles. The van der Waals surface area contributed by atoms with Crippen LogP contribution in [0.4, 0.5) is 5.69 Å². The third-order valence-electron chi connectivity index (χ3n) is 3.17. The van der Waals surface area contributed by atoms with E-state index < -0.39 is 0 Å². The summed E-state index contributed by atoms with van der Waals surface area (Å²) in [5, 5.41) is 2.75. The van der Waals surface area contributed by atoms with Crippen molar-refractivity contribution < 1.29 is 9.59 Å². The predicted octanol–water partition coefficient (Wildman–Crippen LogP) is 2.79. The molecule has 2 rings (SSSR count). The zero-order chi connectivity index (χ0) is 13.7. The van der Waals surface area contributed by atoms with E-state index >= 15 is 0 Å². The first kappa shape index (κ1) is 14.1. The molecule has 0 spiro atoms. The van der Waals surface area contributed by atoms with E-state index in [1.807, 2.05) is 18.2 Å². The fourth-order valence-electron chi connectivity index (χ4n) is 2.15. The molecule has 0 saturated carbocycles. The summed E-state index contributed by atoms with van der Waals surface area (Å²) in [6.45, 7) is 1.56. The molecule has 0 radical (unpaired) electrons. The van der Waals surface area contributed by atoms with Crippen LogP contribution in [-0.2, 0) is 9.59 Å². The third kappa shape index (κ3) is 4.06. The minimum atomic E-state index is -0.262. The second-order valence-corrected chi connectivity index (χ2v) is 5.50. The van der Waals surface area contributed by atoms with E-state index in [2.05, 4.69) is 21.2 Å². The monoisotopic (exact) mass is 324 g/mol. The zero-order valence-electron chi connectivity index (χ0n) is 10.7. The van der Waals surface area contributed by atoms with E-state index in [1.54, 1.807) is 11.0 Å². The van der Waals surface area contributed by atoms with Crippen LogP contribution in [0.15, 0.2) is 28.7 Å². The van der Waals surface area contributed by atoms with Crippen molar-refractivity contribution in [2.75, 3.05) is 18.4 Å². The van der Waals surface area contributed by atoms with Crippen LogP contribution in [0.2, 0.25) is 0 Å². The number of carbonyl (C=O) groups excluding carboxylic acids is 2. The van der Waals surface area contributed by atoms with Gasteiger partial charge in [-0.25, -0.2) is 0 Å². The van der Waals surface area contributed by atoms with Crippen molar-refractivity contribution in [2.45, 2.75) is 25.7 Å². The maximum atomic E-state index is 11.9. The number of likely N-dealkylation sites (tertiary alicyclic amines) is 1. The van der Waals surface area contributed by atoms with Gasteiger partial charge in [-0.3, -0.25) is 9.59 Å². The highest BCUT2D eigenvalue weighted by atomic mass is 79.9. The predicted molar refractivity (Wildman–Crippen MR) is 77.8 cm³/mol. The summed E-state index contributed by atoms with van der Waals surface area (Å²) in [7, 11) is 0. The molecule has 1 aromatic carbocycles. The Bertz CT molecular complexity index is 470. The number of piperidine rings is 1. The minimum Gasteiger partial charge on any atom is -0.342 e. The Labute approximate surface area is 121 Å². The molecule has 102 valence electrons. The van der Waals surface area contributed by atoms with Gasteiger partial charge >= 0.3 is 0 Å². The number of anilines is 1. The molecule has 0 aromatic heterocycles. The van der Waals surface area contributed by atoms with Gasteiger partial charge in [0.2, 0.25) is 11.8 Å². The highest BCUT2D eigenvalue weighted by molar-refractivity contribution is 9.10. The van der Waals surface area contributed by atoms with Crippen LogP contribution in [0.25, 0.3) is 0 Å². The second kappa shape index (κ2) is 6.70. The van der Waals surface area contributed by atoms with Gasteiger partial charge in [0.25, 0.3) is 0 Å². The molecule has 1 N–H and O–H groups in total. The number of rotatable bonds is 3. The molecule has 4 nitrogen and oxygen atoms in total. The van der Waals surface area contributed by atoms with E-state index in [0.717, 1.165) is 30.4 Å². The average molecular weight is 325 g/mol. The standard InChI is InChI=1S/C14H17BrN2O2/c15-11-6-2-3-7-12(11)16-13(18)10-14(19)17-8-4-1-5-9-17/h2-3,6-7H,1,4-5,8-10H2,(H,16,18). The number of nitrogens with one attached hydrogen (secondary N) is 1. The van der Waals surface area contributed by atoms with Crippen LogP contribution in [0.5, 0.6) is 0 Å². The van der Waals surface area contributed by atoms with Gasteiger partial charge in [0.1, 0.15) is 6.42 Å². The number of para-hydroxylation sites is 1. The molecule has 1 aromatic rings. The fraction of sp³-hybridized carbons (Fsp3) is 0.429. The molecule has 2 amide bonds. The smallest absolute Gasteiger partial charge is 0.233 e. The fourth-order valence-corrected chi connectivity index (χ4v) is 2.53. The summed E-state index contributed by atoms with van der Waals surface area (Å²) in [5.41, 5.74) is 0.693. The van der Waals surface area contributed by atoms with Gasteiger partial charge in [-0.15, -0.1) is 0 Å². The molecular weight excluding hydrogens is 308 g/mol. The summed E-state index contributed by atoms with van der Waals surface area (Å²) in [5.74, 6) is -0.341. The maximum Gasteiger partial charge on any atom is 0.233 e. The van der Waals surface area contributed by atoms with Gasteiger partial charge in [-0.2, -0.15) is 0 Å². The Hall–Kier alpha value is -1.36. The number of carbonyl (C=O) groups is 2. The number of nitrogens with zero attached hydrogens (tertiary/aromatic N) is 1. The number of hydrogen-bond donors (Lipinski definition) is 1. The van der Waals surface area contributed by atoms with Gasteiger partial charge in [-0.1, -0.05) is 12.1 Å². The first-order valence-corrected chi connectivity index (χ1v) is 7.28. The Kier molecular flexibility index (Phi) is 4.96. The van der Waals surface area contributed by atoms with Gasteiger partial charge in [0, 0.05) is 17.6 Å². The van der Waals surface area contributed by atoms with Gasteiger partial charge in [0.05, 0.1) is 5.69 Å². The van der Waals surface area contributed by atoms with Crippen molar-refractivity contribution >= 4 is 33.4 Å².